The molecule has 0 aliphatic rings. The van der Waals surface area contributed by atoms with Crippen LogP contribution in [-0.2, 0) is 4.74 Å². The Bertz CT molecular complexity index is 1010. The lowest BCUT2D eigenvalue weighted by molar-refractivity contribution is 0.0600. The summed E-state index contributed by atoms with van der Waals surface area (Å²) in [6, 6.07) is 6.47. The zero-order valence-electron chi connectivity index (χ0n) is 14.3. The molecule has 2 aromatic heterocycles. The van der Waals surface area contributed by atoms with Gasteiger partial charge >= 0.3 is 5.97 Å². The molecule has 0 bridgehead atoms. The van der Waals surface area contributed by atoms with Crippen molar-refractivity contribution < 1.29 is 19.0 Å². The monoisotopic (exact) mass is 370 g/mol. The van der Waals surface area contributed by atoms with Crippen molar-refractivity contribution in [2.24, 2.45) is 5.10 Å². The minimum Gasteiger partial charge on any atom is -0.465 e. The van der Waals surface area contributed by atoms with Crippen LogP contribution in [0.25, 0.3) is 5.82 Å². The lowest BCUT2D eigenvalue weighted by Gasteiger charge is -2.02. The average Bonchev–Trinajstić information content (AvgIpc) is 3.26. The quantitative estimate of drug-likeness (QED) is 0.360. The highest BCUT2D eigenvalue weighted by molar-refractivity contribution is 5.95. The van der Waals surface area contributed by atoms with Gasteiger partial charge in [0.05, 0.1) is 24.6 Å². The van der Waals surface area contributed by atoms with E-state index in [1.165, 1.54) is 13.3 Å². The van der Waals surface area contributed by atoms with E-state index in [1.54, 1.807) is 31.2 Å². The van der Waals surface area contributed by atoms with Crippen LogP contribution in [0.1, 0.15) is 32.1 Å². The third kappa shape index (κ3) is 3.63. The topological polar surface area (TPSA) is 163 Å². The summed E-state index contributed by atoms with van der Waals surface area (Å²) >= 11 is 0. The smallest absolute Gasteiger partial charge is 0.337 e. The zero-order valence-corrected chi connectivity index (χ0v) is 14.3. The molecule has 0 atom stereocenters. The lowest BCUT2D eigenvalue weighted by atomic mass is 10.1. The van der Waals surface area contributed by atoms with Crippen LogP contribution in [0.3, 0.4) is 0 Å². The standard InChI is InChI=1S/C15H14N8O4/c1-8-11(23(22-18-8)13-12(16)20-27-21-13)14(24)19-17-7-9-3-5-10(6-4-9)15(25)26-2/h3-7H,1-2H3,(H2,16,20)(H,19,24). The summed E-state index contributed by atoms with van der Waals surface area (Å²) in [6.07, 6.45) is 1.41. The number of rotatable bonds is 5. The first kappa shape index (κ1) is 17.7. The fraction of sp³-hybridized carbons (Fsp3) is 0.133. The van der Waals surface area contributed by atoms with Gasteiger partial charge in [0.2, 0.25) is 11.6 Å². The molecule has 0 saturated heterocycles. The van der Waals surface area contributed by atoms with E-state index >= 15 is 0 Å². The van der Waals surface area contributed by atoms with Crippen molar-refractivity contribution in [3.63, 3.8) is 0 Å². The van der Waals surface area contributed by atoms with E-state index in [4.69, 9.17) is 5.73 Å². The van der Waals surface area contributed by atoms with Gasteiger partial charge in [0, 0.05) is 0 Å². The second kappa shape index (κ2) is 7.43. The van der Waals surface area contributed by atoms with E-state index in [0.717, 1.165) is 4.68 Å². The second-order valence-corrected chi connectivity index (χ2v) is 5.22. The van der Waals surface area contributed by atoms with Crippen LogP contribution in [0.15, 0.2) is 34.0 Å². The highest BCUT2D eigenvalue weighted by atomic mass is 16.6. The molecular formula is C15H14N8O4. The largest absolute Gasteiger partial charge is 0.465 e. The number of anilines is 1. The highest BCUT2D eigenvalue weighted by Crippen LogP contribution is 2.14. The minimum absolute atomic E-state index is 0.0388. The number of methoxy groups -OCH3 is 1. The average molecular weight is 370 g/mol. The zero-order chi connectivity index (χ0) is 19.4. The Hall–Kier alpha value is -4.09. The number of aryl methyl sites for hydroxylation is 1. The molecule has 0 unspecified atom stereocenters. The Labute approximate surface area is 151 Å². The number of carbonyl (C=O) groups is 2. The molecule has 3 aromatic rings. The van der Waals surface area contributed by atoms with Crippen LogP contribution in [0.5, 0.6) is 0 Å². The Kier molecular flexibility index (Phi) is 4.88. The number of carbonyl (C=O) groups excluding carboxylic acids is 2. The molecule has 0 aliphatic carbocycles. The number of amides is 1. The highest BCUT2D eigenvalue weighted by Gasteiger charge is 2.22. The number of hydrazone groups is 1. The summed E-state index contributed by atoms with van der Waals surface area (Å²) in [4.78, 5) is 23.8. The first-order chi connectivity index (χ1) is 13.0. The van der Waals surface area contributed by atoms with Crippen molar-refractivity contribution >= 4 is 23.9 Å². The van der Waals surface area contributed by atoms with Crippen LogP contribution in [0.2, 0.25) is 0 Å². The van der Waals surface area contributed by atoms with E-state index in [0.29, 0.717) is 16.8 Å². The molecule has 3 N–H and O–H groups in total. The Morgan fingerprint density at radius 1 is 1.30 bits per heavy atom. The molecule has 0 spiro atoms. The van der Waals surface area contributed by atoms with Crippen molar-refractivity contribution in [3.05, 3.63) is 46.8 Å². The summed E-state index contributed by atoms with van der Waals surface area (Å²) in [7, 11) is 1.30. The van der Waals surface area contributed by atoms with Gasteiger partial charge < -0.3 is 10.5 Å². The van der Waals surface area contributed by atoms with Crippen molar-refractivity contribution in [3.8, 4) is 5.82 Å². The van der Waals surface area contributed by atoms with Crippen molar-refractivity contribution in [1.29, 1.82) is 0 Å². The number of nitrogens with one attached hydrogen (secondary N) is 1. The number of nitrogens with zero attached hydrogens (tertiary/aromatic N) is 6. The van der Waals surface area contributed by atoms with Crippen LogP contribution < -0.4 is 11.2 Å². The van der Waals surface area contributed by atoms with E-state index in [2.05, 4.69) is 40.5 Å². The molecule has 0 fully saturated rings. The molecular weight excluding hydrogens is 356 g/mol. The predicted molar refractivity (Wildman–Crippen MR) is 91.2 cm³/mol. The van der Waals surface area contributed by atoms with Gasteiger partial charge in [-0.3, -0.25) is 4.79 Å². The second-order valence-electron chi connectivity index (χ2n) is 5.22. The summed E-state index contributed by atoms with van der Waals surface area (Å²) < 4.78 is 10.2. The third-order valence-corrected chi connectivity index (χ3v) is 3.46. The van der Waals surface area contributed by atoms with E-state index in [1.807, 2.05) is 0 Å². The van der Waals surface area contributed by atoms with Crippen LogP contribution in [-0.4, -0.2) is 50.5 Å². The molecule has 1 aromatic carbocycles. The Morgan fingerprint density at radius 3 is 2.67 bits per heavy atom. The maximum absolute atomic E-state index is 12.4. The third-order valence-electron chi connectivity index (χ3n) is 3.46. The molecule has 27 heavy (non-hydrogen) atoms. The van der Waals surface area contributed by atoms with Gasteiger partial charge in [-0.1, -0.05) is 17.3 Å². The van der Waals surface area contributed by atoms with E-state index in [9.17, 15) is 9.59 Å². The molecule has 3 rings (SSSR count). The molecule has 1 amide bonds. The fourth-order valence-corrected chi connectivity index (χ4v) is 2.15. The number of nitrogen functional groups attached to an aromatic ring is 1. The molecule has 12 nitrogen and oxygen atoms in total. The van der Waals surface area contributed by atoms with Crippen LogP contribution in [0.4, 0.5) is 5.82 Å². The number of aromatic nitrogens is 5. The van der Waals surface area contributed by atoms with Gasteiger partial charge in [0.25, 0.3) is 5.91 Å². The molecule has 138 valence electrons. The van der Waals surface area contributed by atoms with Gasteiger partial charge in [0.15, 0.2) is 5.69 Å². The van der Waals surface area contributed by atoms with E-state index < -0.39 is 11.9 Å². The number of ether oxygens (including phenoxy) is 1. The molecule has 12 heteroatoms. The van der Waals surface area contributed by atoms with Crippen molar-refractivity contribution in [1.82, 2.24) is 30.7 Å². The molecule has 2 heterocycles. The summed E-state index contributed by atoms with van der Waals surface area (Å²) in [5.74, 6) is -1.02. The minimum atomic E-state index is -0.581. The fourth-order valence-electron chi connectivity index (χ4n) is 2.15. The number of benzene rings is 1. The van der Waals surface area contributed by atoms with E-state index in [-0.39, 0.29) is 17.3 Å². The number of nitrogens with two attached hydrogens (primary N) is 1. The normalized spacial score (nSPS) is 10.9. The molecule has 0 aliphatic heterocycles. The lowest BCUT2D eigenvalue weighted by Crippen LogP contribution is -2.22. The Morgan fingerprint density at radius 2 is 2.04 bits per heavy atom. The molecule has 0 saturated carbocycles. The van der Waals surface area contributed by atoms with Crippen LogP contribution >= 0.6 is 0 Å². The van der Waals surface area contributed by atoms with Crippen molar-refractivity contribution in [2.45, 2.75) is 6.92 Å². The number of esters is 1. The summed E-state index contributed by atoms with van der Waals surface area (Å²) in [5.41, 5.74) is 9.47. The predicted octanol–water partition coefficient (Wildman–Crippen LogP) is 0.0914. The maximum atomic E-state index is 12.4. The van der Waals surface area contributed by atoms with Gasteiger partial charge in [0.1, 0.15) is 0 Å². The van der Waals surface area contributed by atoms with Gasteiger partial charge in [-0.05, 0) is 34.9 Å². The Balaban J connectivity index is 1.73. The summed E-state index contributed by atoms with van der Waals surface area (Å²) in [5, 5.41) is 18.5. The van der Waals surface area contributed by atoms with Gasteiger partial charge in [-0.2, -0.15) is 9.78 Å². The summed E-state index contributed by atoms with van der Waals surface area (Å²) in [6.45, 7) is 1.59. The number of hydrogen-bond donors (Lipinski definition) is 2. The molecule has 0 radical (unpaired) electrons. The first-order valence-corrected chi connectivity index (χ1v) is 7.53. The van der Waals surface area contributed by atoms with Crippen molar-refractivity contribution in [2.75, 3.05) is 12.8 Å². The van der Waals surface area contributed by atoms with Gasteiger partial charge in [-0.25, -0.2) is 14.8 Å². The van der Waals surface area contributed by atoms with Gasteiger partial charge in [-0.15, -0.1) is 5.10 Å². The SMILES string of the molecule is COC(=O)c1ccc(C=NNC(=O)c2c(C)nnn2-c2nonc2N)cc1. The van der Waals surface area contributed by atoms with Crippen LogP contribution in [0, 0.1) is 6.92 Å². The first-order valence-electron chi connectivity index (χ1n) is 7.53. The number of hydrogen-bond acceptors (Lipinski definition) is 10. The maximum Gasteiger partial charge on any atom is 0.337 e.